The Balaban J connectivity index is 2.21. The van der Waals surface area contributed by atoms with Crippen LogP contribution in [0, 0.1) is 5.82 Å². The van der Waals surface area contributed by atoms with Crippen LogP contribution >= 0.6 is 0 Å². The van der Waals surface area contributed by atoms with Crippen LogP contribution in [-0.4, -0.2) is 12.2 Å². The lowest BCUT2D eigenvalue weighted by atomic mass is 10.2. The lowest BCUT2D eigenvalue weighted by Gasteiger charge is -2.07. The van der Waals surface area contributed by atoms with Gasteiger partial charge in [-0.15, -0.1) is 5.10 Å². The summed E-state index contributed by atoms with van der Waals surface area (Å²) in [6.07, 6.45) is 1.40. The molecule has 2 aromatic carbocycles. The summed E-state index contributed by atoms with van der Waals surface area (Å²) in [4.78, 5) is 0. The van der Waals surface area contributed by atoms with Crippen molar-refractivity contribution < 1.29 is 9.13 Å². The van der Waals surface area contributed by atoms with Gasteiger partial charge < -0.3 is 16.2 Å². The number of hydrogen-bond acceptors (Lipinski definition) is 3. The van der Waals surface area contributed by atoms with Crippen LogP contribution in [0.1, 0.15) is 5.56 Å². The summed E-state index contributed by atoms with van der Waals surface area (Å²) in [6, 6.07) is 13.3. The van der Waals surface area contributed by atoms with Gasteiger partial charge >= 0.3 is 0 Å². The van der Waals surface area contributed by atoms with Gasteiger partial charge in [-0.2, -0.15) is 5.10 Å². The molecule has 4 N–H and O–H groups in total. The van der Waals surface area contributed by atoms with Crippen LogP contribution in [0.15, 0.2) is 58.7 Å². The molecule has 2 aromatic rings. The second-order valence-electron chi connectivity index (χ2n) is 3.87. The van der Waals surface area contributed by atoms with Crippen LogP contribution < -0.4 is 16.2 Å². The predicted molar refractivity (Wildman–Crippen MR) is 76.3 cm³/mol. The highest BCUT2D eigenvalue weighted by atomic mass is 19.1. The van der Waals surface area contributed by atoms with E-state index in [-0.39, 0.29) is 11.7 Å². The fourth-order valence-electron chi connectivity index (χ4n) is 1.46. The van der Waals surface area contributed by atoms with Crippen LogP contribution in [0.5, 0.6) is 11.5 Å². The number of benzene rings is 2. The van der Waals surface area contributed by atoms with Gasteiger partial charge in [0.05, 0.1) is 6.21 Å². The molecule has 6 heteroatoms. The second-order valence-corrected chi connectivity index (χ2v) is 3.87. The largest absolute Gasteiger partial charge is 0.454 e. The highest BCUT2D eigenvalue weighted by Gasteiger charge is 2.05. The van der Waals surface area contributed by atoms with Gasteiger partial charge in [0.15, 0.2) is 11.6 Å². The molecule has 0 saturated heterocycles. The van der Waals surface area contributed by atoms with E-state index in [4.69, 9.17) is 16.2 Å². The highest BCUT2D eigenvalue weighted by Crippen LogP contribution is 2.24. The van der Waals surface area contributed by atoms with Gasteiger partial charge in [-0.05, 0) is 29.8 Å². The van der Waals surface area contributed by atoms with Crippen molar-refractivity contribution in [1.29, 1.82) is 0 Å². The molecule has 0 saturated carbocycles. The van der Waals surface area contributed by atoms with Crippen molar-refractivity contribution in [2.75, 3.05) is 0 Å². The van der Waals surface area contributed by atoms with E-state index < -0.39 is 5.82 Å². The van der Waals surface area contributed by atoms with Crippen LogP contribution in [0.3, 0.4) is 0 Å². The Kier molecular flexibility index (Phi) is 4.28. The first-order valence-electron chi connectivity index (χ1n) is 5.79. The Bertz CT molecular complexity index is 637. The van der Waals surface area contributed by atoms with Gasteiger partial charge in [0.25, 0.3) is 0 Å². The number of guanidine groups is 1. The van der Waals surface area contributed by atoms with E-state index in [1.54, 1.807) is 30.3 Å². The van der Waals surface area contributed by atoms with Gasteiger partial charge in [-0.3, -0.25) is 0 Å². The molecule has 2 rings (SSSR count). The van der Waals surface area contributed by atoms with Crippen molar-refractivity contribution in [2.45, 2.75) is 0 Å². The first-order chi connectivity index (χ1) is 9.65. The maximum absolute atomic E-state index is 13.7. The Morgan fingerprint density at radius 1 is 1.10 bits per heavy atom. The van der Waals surface area contributed by atoms with Gasteiger partial charge in [-0.25, -0.2) is 4.39 Å². The fourth-order valence-corrected chi connectivity index (χ4v) is 1.46. The van der Waals surface area contributed by atoms with E-state index in [1.807, 2.05) is 6.07 Å². The average molecular weight is 272 g/mol. The van der Waals surface area contributed by atoms with E-state index in [2.05, 4.69) is 10.2 Å². The van der Waals surface area contributed by atoms with E-state index in [9.17, 15) is 4.39 Å². The minimum absolute atomic E-state index is 0.102. The van der Waals surface area contributed by atoms with Gasteiger partial charge in [0.1, 0.15) is 5.75 Å². The molecule has 0 unspecified atom stereocenters. The zero-order chi connectivity index (χ0) is 14.4. The molecular weight excluding hydrogens is 259 g/mol. The third-order valence-corrected chi connectivity index (χ3v) is 2.31. The summed E-state index contributed by atoms with van der Waals surface area (Å²) >= 11 is 0. The molecule has 20 heavy (non-hydrogen) atoms. The summed E-state index contributed by atoms with van der Waals surface area (Å²) in [6.45, 7) is 0. The first-order valence-corrected chi connectivity index (χ1v) is 5.79. The minimum Gasteiger partial charge on any atom is -0.454 e. The number of hydrogen-bond donors (Lipinski definition) is 2. The quantitative estimate of drug-likeness (QED) is 0.508. The Labute approximate surface area is 115 Å². The first kappa shape index (κ1) is 13.5. The van der Waals surface area contributed by atoms with Crippen molar-refractivity contribution in [2.24, 2.45) is 21.7 Å². The van der Waals surface area contributed by atoms with Gasteiger partial charge in [-0.1, -0.05) is 24.3 Å². The van der Waals surface area contributed by atoms with Crippen LogP contribution in [-0.2, 0) is 0 Å². The number of rotatable bonds is 4. The summed E-state index contributed by atoms with van der Waals surface area (Å²) in [5, 5.41) is 7.12. The number of para-hydroxylation sites is 1. The van der Waals surface area contributed by atoms with Crippen molar-refractivity contribution >= 4 is 12.2 Å². The molecule has 0 amide bonds. The zero-order valence-electron chi connectivity index (χ0n) is 10.5. The normalized spacial score (nSPS) is 10.4. The molecular formula is C14H13FN4O. The molecule has 0 bridgehead atoms. The van der Waals surface area contributed by atoms with Gasteiger partial charge in [0.2, 0.25) is 5.96 Å². The average Bonchev–Trinajstić information content (AvgIpc) is 2.43. The summed E-state index contributed by atoms with van der Waals surface area (Å²) in [5.41, 5.74) is 10.9. The molecule has 0 aliphatic heterocycles. The Morgan fingerprint density at radius 3 is 2.55 bits per heavy atom. The number of nitrogens with two attached hydrogens (primary N) is 2. The van der Waals surface area contributed by atoms with E-state index in [0.29, 0.717) is 11.3 Å². The van der Waals surface area contributed by atoms with Crippen molar-refractivity contribution in [3.8, 4) is 11.5 Å². The summed E-state index contributed by atoms with van der Waals surface area (Å²) in [7, 11) is 0. The Hall–Kier alpha value is -2.89. The third kappa shape index (κ3) is 3.81. The van der Waals surface area contributed by atoms with E-state index >= 15 is 0 Å². The van der Waals surface area contributed by atoms with Crippen molar-refractivity contribution in [1.82, 2.24) is 0 Å². The topological polar surface area (TPSA) is 86.0 Å². The standard InChI is InChI=1S/C14H13FN4O/c15-12-7-6-10(9-18-19-14(16)17)8-13(12)20-11-4-2-1-3-5-11/h1-9H,(H4,16,17,19). The summed E-state index contributed by atoms with van der Waals surface area (Å²) in [5.74, 6) is 0.0338. The third-order valence-electron chi connectivity index (χ3n) is 2.31. The lowest BCUT2D eigenvalue weighted by Crippen LogP contribution is -2.21. The smallest absolute Gasteiger partial charge is 0.211 e. The molecule has 0 spiro atoms. The fraction of sp³-hybridized carbons (Fsp3) is 0. The molecule has 0 aliphatic rings. The number of nitrogens with zero attached hydrogens (tertiary/aromatic N) is 2. The van der Waals surface area contributed by atoms with Crippen LogP contribution in [0.25, 0.3) is 0 Å². The van der Waals surface area contributed by atoms with E-state index in [1.165, 1.54) is 18.3 Å². The maximum atomic E-state index is 13.7. The predicted octanol–water partition coefficient (Wildman–Crippen LogP) is 2.23. The molecule has 102 valence electrons. The van der Waals surface area contributed by atoms with Gasteiger partial charge in [0, 0.05) is 0 Å². The maximum Gasteiger partial charge on any atom is 0.211 e. The highest BCUT2D eigenvalue weighted by molar-refractivity contribution is 5.82. The summed E-state index contributed by atoms with van der Waals surface area (Å²) < 4.78 is 19.1. The van der Waals surface area contributed by atoms with Crippen molar-refractivity contribution in [3.05, 3.63) is 59.9 Å². The molecule has 0 radical (unpaired) electrons. The van der Waals surface area contributed by atoms with Crippen LogP contribution in [0.4, 0.5) is 4.39 Å². The molecule has 0 fully saturated rings. The minimum atomic E-state index is -0.465. The molecule has 0 atom stereocenters. The van der Waals surface area contributed by atoms with Crippen molar-refractivity contribution in [3.63, 3.8) is 0 Å². The van der Waals surface area contributed by atoms with E-state index in [0.717, 1.165) is 0 Å². The number of ether oxygens (including phenoxy) is 1. The van der Waals surface area contributed by atoms with Crippen LogP contribution in [0.2, 0.25) is 0 Å². The second kappa shape index (κ2) is 6.33. The molecule has 5 nitrogen and oxygen atoms in total. The monoisotopic (exact) mass is 272 g/mol. The Morgan fingerprint density at radius 2 is 1.85 bits per heavy atom. The lowest BCUT2D eigenvalue weighted by molar-refractivity contribution is 0.442. The molecule has 0 aromatic heterocycles. The number of halogens is 1. The molecule has 0 aliphatic carbocycles. The molecule has 0 heterocycles. The SMILES string of the molecule is NC(N)=NN=Cc1ccc(F)c(Oc2ccccc2)c1. The zero-order valence-corrected chi connectivity index (χ0v) is 10.5.